The molecule has 1 amide bonds. The van der Waals surface area contributed by atoms with Crippen molar-refractivity contribution in [2.45, 2.75) is 39.5 Å². The van der Waals surface area contributed by atoms with Gasteiger partial charge in [-0.1, -0.05) is 30.0 Å². The molecule has 3 rings (SSSR count). The molecule has 0 bridgehead atoms. The maximum Gasteiger partial charge on any atom is 0.234 e. The number of nitrogens with one attached hydrogen (secondary N) is 1. The fourth-order valence-corrected chi connectivity index (χ4v) is 3.50. The van der Waals surface area contributed by atoms with Crippen LogP contribution in [-0.2, 0) is 18.4 Å². The Morgan fingerprint density at radius 3 is 2.62 bits per heavy atom. The average molecular weight is 411 g/mol. The highest BCUT2D eigenvalue weighted by atomic mass is 32.2. The van der Waals surface area contributed by atoms with Gasteiger partial charge in [-0.25, -0.2) is 0 Å². The van der Waals surface area contributed by atoms with Crippen molar-refractivity contribution in [2.75, 3.05) is 11.1 Å². The summed E-state index contributed by atoms with van der Waals surface area (Å²) in [5.41, 5.74) is 5.46. The van der Waals surface area contributed by atoms with Crippen LogP contribution in [0.3, 0.4) is 0 Å². The van der Waals surface area contributed by atoms with E-state index in [1.807, 2.05) is 62.7 Å². The third kappa shape index (κ3) is 5.17. The number of carbonyl (C=O) groups is 1. The van der Waals surface area contributed by atoms with Crippen LogP contribution in [0.1, 0.15) is 28.1 Å². The maximum atomic E-state index is 12.3. The summed E-state index contributed by atoms with van der Waals surface area (Å²) in [6.07, 6.45) is 0. The molecule has 0 atom stereocenters. The zero-order valence-electron chi connectivity index (χ0n) is 17.4. The van der Waals surface area contributed by atoms with E-state index in [2.05, 4.69) is 28.5 Å². The minimum absolute atomic E-state index is 0.0746. The van der Waals surface area contributed by atoms with Gasteiger partial charge in [-0.15, -0.1) is 10.2 Å². The molecule has 29 heavy (non-hydrogen) atoms. The molecule has 0 radical (unpaired) electrons. The van der Waals surface area contributed by atoms with Crippen LogP contribution in [-0.4, -0.2) is 26.4 Å². The van der Waals surface area contributed by atoms with Crippen LogP contribution in [0, 0.1) is 27.7 Å². The summed E-state index contributed by atoms with van der Waals surface area (Å²) < 4.78 is 7.77. The van der Waals surface area contributed by atoms with Crippen LogP contribution in [0.2, 0.25) is 0 Å². The maximum absolute atomic E-state index is 12.3. The SMILES string of the molecule is Cc1ccc(NC(=O)CSc2nnc(COc3cccc(C)c3C)n2C)cc1C. The Kier molecular flexibility index (Phi) is 6.59. The Bertz CT molecular complexity index is 1030. The molecule has 0 fully saturated rings. The number of anilines is 1. The summed E-state index contributed by atoms with van der Waals surface area (Å²) in [5, 5.41) is 12.0. The number of nitrogens with zero attached hydrogens (tertiary/aromatic N) is 3. The average Bonchev–Trinajstić information content (AvgIpc) is 3.04. The van der Waals surface area contributed by atoms with Crippen molar-refractivity contribution in [3.8, 4) is 5.75 Å². The third-order valence-electron chi connectivity index (χ3n) is 4.96. The second kappa shape index (κ2) is 9.13. The van der Waals surface area contributed by atoms with E-state index in [0.29, 0.717) is 17.6 Å². The Hall–Kier alpha value is -2.80. The molecule has 1 aromatic heterocycles. The van der Waals surface area contributed by atoms with Gasteiger partial charge in [-0.05, 0) is 68.1 Å². The Morgan fingerprint density at radius 1 is 1.07 bits per heavy atom. The van der Waals surface area contributed by atoms with E-state index < -0.39 is 0 Å². The van der Waals surface area contributed by atoms with E-state index in [0.717, 1.165) is 22.6 Å². The lowest BCUT2D eigenvalue weighted by Crippen LogP contribution is -2.14. The molecule has 0 aliphatic heterocycles. The number of thioether (sulfide) groups is 1. The Labute approximate surface area is 175 Å². The molecule has 1 N–H and O–H groups in total. The molecule has 3 aromatic rings. The largest absolute Gasteiger partial charge is 0.485 e. The number of hydrogen-bond donors (Lipinski definition) is 1. The first kappa shape index (κ1) is 20.9. The smallest absolute Gasteiger partial charge is 0.234 e. The highest BCUT2D eigenvalue weighted by molar-refractivity contribution is 7.99. The summed E-state index contributed by atoms with van der Waals surface area (Å²) in [5.74, 6) is 1.74. The highest BCUT2D eigenvalue weighted by Gasteiger charge is 2.13. The fourth-order valence-electron chi connectivity index (χ4n) is 2.77. The molecule has 152 valence electrons. The number of ether oxygens (including phenoxy) is 1. The van der Waals surface area contributed by atoms with Crippen molar-refractivity contribution in [3.05, 3.63) is 64.5 Å². The van der Waals surface area contributed by atoms with Crippen LogP contribution >= 0.6 is 11.8 Å². The van der Waals surface area contributed by atoms with Gasteiger partial charge in [0.2, 0.25) is 5.91 Å². The Morgan fingerprint density at radius 2 is 1.86 bits per heavy atom. The van der Waals surface area contributed by atoms with Gasteiger partial charge in [0.25, 0.3) is 0 Å². The zero-order valence-corrected chi connectivity index (χ0v) is 18.3. The van der Waals surface area contributed by atoms with Crippen molar-refractivity contribution >= 4 is 23.4 Å². The van der Waals surface area contributed by atoms with Gasteiger partial charge < -0.3 is 14.6 Å². The van der Waals surface area contributed by atoms with Gasteiger partial charge in [-0.2, -0.15) is 0 Å². The molecule has 1 heterocycles. The van der Waals surface area contributed by atoms with Crippen molar-refractivity contribution in [1.82, 2.24) is 14.8 Å². The number of rotatable bonds is 7. The third-order valence-corrected chi connectivity index (χ3v) is 5.98. The van der Waals surface area contributed by atoms with Crippen LogP contribution in [0.25, 0.3) is 0 Å². The molecule has 0 aliphatic rings. The van der Waals surface area contributed by atoms with Gasteiger partial charge in [0, 0.05) is 12.7 Å². The molecule has 0 spiro atoms. The summed E-state index contributed by atoms with van der Waals surface area (Å²) in [6.45, 7) is 8.50. The van der Waals surface area contributed by atoms with Gasteiger partial charge in [0.1, 0.15) is 12.4 Å². The summed E-state index contributed by atoms with van der Waals surface area (Å²) in [6, 6.07) is 11.9. The van der Waals surface area contributed by atoms with Crippen molar-refractivity contribution < 1.29 is 9.53 Å². The van der Waals surface area contributed by atoms with Crippen molar-refractivity contribution in [1.29, 1.82) is 0 Å². The van der Waals surface area contributed by atoms with Crippen molar-refractivity contribution in [2.24, 2.45) is 7.05 Å². The number of aromatic nitrogens is 3. The minimum atomic E-state index is -0.0746. The minimum Gasteiger partial charge on any atom is -0.485 e. The van der Waals surface area contributed by atoms with Crippen molar-refractivity contribution in [3.63, 3.8) is 0 Å². The fraction of sp³-hybridized carbons (Fsp3) is 0.318. The molecule has 0 aliphatic carbocycles. The lowest BCUT2D eigenvalue weighted by Gasteiger charge is -2.10. The number of carbonyl (C=O) groups excluding carboxylic acids is 1. The summed E-state index contributed by atoms with van der Waals surface area (Å²) in [7, 11) is 1.88. The van der Waals surface area contributed by atoms with Crippen LogP contribution in [0.15, 0.2) is 41.6 Å². The number of aryl methyl sites for hydroxylation is 3. The van der Waals surface area contributed by atoms with E-state index in [4.69, 9.17) is 4.74 Å². The van der Waals surface area contributed by atoms with E-state index in [9.17, 15) is 4.79 Å². The van der Waals surface area contributed by atoms with Gasteiger partial charge in [-0.3, -0.25) is 4.79 Å². The molecule has 2 aromatic carbocycles. The van der Waals surface area contributed by atoms with E-state index >= 15 is 0 Å². The van der Waals surface area contributed by atoms with Gasteiger partial charge in [0.15, 0.2) is 11.0 Å². The number of amides is 1. The second-order valence-electron chi connectivity index (χ2n) is 7.08. The zero-order chi connectivity index (χ0) is 21.0. The summed E-state index contributed by atoms with van der Waals surface area (Å²) in [4.78, 5) is 12.3. The molecule has 0 unspecified atom stereocenters. The molecular weight excluding hydrogens is 384 g/mol. The molecule has 0 saturated carbocycles. The molecule has 7 heteroatoms. The number of hydrogen-bond acceptors (Lipinski definition) is 5. The standard InChI is InChI=1S/C22H26N4O2S/c1-14-9-10-18(11-16(14)3)23-21(27)13-29-22-25-24-20(26(22)5)12-28-19-8-6-7-15(2)17(19)4/h6-11H,12-13H2,1-5H3,(H,23,27). The second-order valence-corrected chi connectivity index (χ2v) is 8.02. The first-order valence-corrected chi connectivity index (χ1v) is 10.4. The van der Waals surface area contributed by atoms with Gasteiger partial charge in [0.05, 0.1) is 5.75 Å². The predicted molar refractivity (Wildman–Crippen MR) is 117 cm³/mol. The Balaban J connectivity index is 1.55. The van der Waals surface area contributed by atoms with Crippen LogP contribution in [0.5, 0.6) is 5.75 Å². The lowest BCUT2D eigenvalue weighted by atomic mass is 10.1. The molecule has 0 saturated heterocycles. The summed E-state index contributed by atoms with van der Waals surface area (Å²) >= 11 is 1.35. The quantitative estimate of drug-likeness (QED) is 0.586. The highest BCUT2D eigenvalue weighted by Crippen LogP contribution is 2.22. The van der Waals surface area contributed by atoms with E-state index in [1.54, 1.807) is 0 Å². The first-order chi connectivity index (χ1) is 13.8. The topological polar surface area (TPSA) is 69.0 Å². The monoisotopic (exact) mass is 410 g/mol. The normalized spacial score (nSPS) is 10.8. The van der Waals surface area contributed by atoms with Crippen LogP contribution < -0.4 is 10.1 Å². The molecule has 6 nitrogen and oxygen atoms in total. The molecular formula is C22H26N4O2S. The van der Waals surface area contributed by atoms with Gasteiger partial charge >= 0.3 is 0 Å². The predicted octanol–water partition coefficient (Wildman–Crippen LogP) is 4.36. The number of benzene rings is 2. The first-order valence-electron chi connectivity index (χ1n) is 9.42. The van der Waals surface area contributed by atoms with E-state index in [-0.39, 0.29) is 11.7 Å². The lowest BCUT2D eigenvalue weighted by molar-refractivity contribution is -0.113. The van der Waals surface area contributed by atoms with E-state index in [1.165, 1.54) is 22.9 Å². The van der Waals surface area contributed by atoms with Crippen LogP contribution in [0.4, 0.5) is 5.69 Å².